The largest absolute Gasteiger partial charge is 0.462 e. The lowest BCUT2D eigenvalue weighted by Crippen LogP contribution is -2.06. The van der Waals surface area contributed by atoms with E-state index in [1.807, 2.05) is 0 Å². The molecule has 21 heavy (non-hydrogen) atoms. The Hall–Kier alpha value is -2.63. The summed E-state index contributed by atoms with van der Waals surface area (Å²) in [7, 11) is 0. The fraction of sp³-hybridized carbons (Fsp3) is 0.133. The van der Waals surface area contributed by atoms with Crippen molar-refractivity contribution in [3.63, 3.8) is 0 Å². The number of carbonyl (C=O) groups is 1. The van der Waals surface area contributed by atoms with Gasteiger partial charge in [0.25, 0.3) is 0 Å². The number of nitrogens with two attached hydrogens (primary N) is 1. The highest BCUT2D eigenvalue weighted by Crippen LogP contribution is 2.27. The fourth-order valence-electron chi connectivity index (χ4n) is 1.77. The van der Waals surface area contributed by atoms with Gasteiger partial charge in [0, 0.05) is 0 Å². The molecule has 3 N–H and O–H groups in total. The summed E-state index contributed by atoms with van der Waals surface area (Å²) in [5.41, 5.74) is 6.24. The topological polar surface area (TPSA) is 64.3 Å². The summed E-state index contributed by atoms with van der Waals surface area (Å²) in [6.07, 6.45) is 0. The third kappa shape index (κ3) is 3.28. The molecule has 0 amide bonds. The Morgan fingerprint density at radius 2 is 1.90 bits per heavy atom. The molecule has 0 saturated heterocycles. The van der Waals surface area contributed by atoms with E-state index < -0.39 is 17.6 Å². The molecule has 2 aromatic rings. The second kappa shape index (κ2) is 6.21. The van der Waals surface area contributed by atoms with Crippen LogP contribution in [0, 0.1) is 11.6 Å². The summed E-state index contributed by atoms with van der Waals surface area (Å²) in [6, 6.07) is 7.86. The monoisotopic (exact) mass is 292 g/mol. The maximum absolute atomic E-state index is 13.6. The first kappa shape index (κ1) is 14.8. The smallest absolute Gasteiger partial charge is 0.338 e. The molecule has 0 atom stereocenters. The Balaban J connectivity index is 2.28. The first-order valence-corrected chi connectivity index (χ1v) is 6.30. The maximum atomic E-state index is 13.6. The summed E-state index contributed by atoms with van der Waals surface area (Å²) >= 11 is 0. The van der Waals surface area contributed by atoms with Crippen molar-refractivity contribution in [2.45, 2.75) is 6.92 Å². The number of para-hydroxylation sites is 1. The Labute approximate surface area is 120 Å². The molecule has 0 aliphatic carbocycles. The molecule has 0 unspecified atom stereocenters. The van der Waals surface area contributed by atoms with Gasteiger partial charge < -0.3 is 15.8 Å². The van der Waals surface area contributed by atoms with Gasteiger partial charge in [-0.2, -0.15) is 0 Å². The summed E-state index contributed by atoms with van der Waals surface area (Å²) < 4.78 is 32.0. The van der Waals surface area contributed by atoms with E-state index in [1.165, 1.54) is 24.3 Å². The van der Waals surface area contributed by atoms with Gasteiger partial charge >= 0.3 is 5.97 Å². The first-order valence-electron chi connectivity index (χ1n) is 6.30. The molecule has 2 aromatic carbocycles. The van der Waals surface area contributed by atoms with Crippen LogP contribution >= 0.6 is 0 Å². The normalized spacial score (nSPS) is 10.2. The summed E-state index contributed by atoms with van der Waals surface area (Å²) in [6.45, 7) is 1.94. The molecule has 0 aliphatic rings. The number of esters is 1. The lowest BCUT2D eigenvalue weighted by atomic mass is 10.1. The van der Waals surface area contributed by atoms with Crippen LogP contribution in [-0.4, -0.2) is 12.6 Å². The number of nitrogen functional groups attached to an aromatic ring is 1. The van der Waals surface area contributed by atoms with Gasteiger partial charge in [0.1, 0.15) is 17.3 Å². The number of carbonyl (C=O) groups excluding carboxylic acids is 1. The van der Waals surface area contributed by atoms with E-state index in [-0.39, 0.29) is 23.5 Å². The second-order valence-corrected chi connectivity index (χ2v) is 4.24. The van der Waals surface area contributed by atoms with E-state index in [0.29, 0.717) is 5.69 Å². The quantitative estimate of drug-likeness (QED) is 0.669. The Kier molecular flexibility index (Phi) is 4.37. The number of hydrogen-bond donors (Lipinski definition) is 2. The van der Waals surface area contributed by atoms with Crippen LogP contribution in [-0.2, 0) is 4.74 Å². The van der Waals surface area contributed by atoms with Gasteiger partial charge in [-0.05, 0) is 37.3 Å². The van der Waals surface area contributed by atoms with Gasteiger partial charge in [-0.15, -0.1) is 0 Å². The van der Waals surface area contributed by atoms with Crippen LogP contribution in [0.3, 0.4) is 0 Å². The zero-order valence-corrected chi connectivity index (χ0v) is 11.3. The number of nitrogens with one attached hydrogen (secondary N) is 1. The van der Waals surface area contributed by atoms with Gasteiger partial charge in [-0.25, -0.2) is 13.6 Å². The highest BCUT2D eigenvalue weighted by atomic mass is 19.1. The maximum Gasteiger partial charge on any atom is 0.338 e. The molecule has 0 radical (unpaired) electrons. The fourth-order valence-corrected chi connectivity index (χ4v) is 1.77. The van der Waals surface area contributed by atoms with Gasteiger partial charge in [-0.3, -0.25) is 0 Å². The molecular formula is C15H14F2N2O2. The van der Waals surface area contributed by atoms with Crippen molar-refractivity contribution in [2.75, 3.05) is 17.7 Å². The van der Waals surface area contributed by atoms with Crippen LogP contribution in [0.25, 0.3) is 0 Å². The lowest BCUT2D eigenvalue weighted by Gasteiger charge is -2.12. The highest BCUT2D eigenvalue weighted by molar-refractivity contribution is 5.92. The average Bonchev–Trinajstić information content (AvgIpc) is 2.44. The van der Waals surface area contributed by atoms with Crippen molar-refractivity contribution in [3.8, 4) is 0 Å². The van der Waals surface area contributed by atoms with E-state index in [4.69, 9.17) is 10.5 Å². The second-order valence-electron chi connectivity index (χ2n) is 4.24. The molecule has 0 fully saturated rings. The van der Waals surface area contributed by atoms with Crippen LogP contribution in [0.4, 0.5) is 25.8 Å². The Bertz CT molecular complexity index is 654. The summed E-state index contributed by atoms with van der Waals surface area (Å²) in [5.74, 6) is -1.97. The Morgan fingerprint density at radius 1 is 1.24 bits per heavy atom. The van der Waals surface area contributed by atoms with E-state index in [0.717, 1.165) is 12.1 Å². The minimum atomic E-state index is -0.733. The molecular weight excluding hydrogens is 278 g/mol. The molecule has 110 valence electrons. The van der Waals surface area contributed by atoms with E-state index in [2.05, 4.69) is 5.32 Å². The minimum absolute atomic E-state index is 0.184. The average molecular weight is 292 g/mol. The number of rotatable bonds is 4. The number of anilines is 3. The van der Waals surface area contributed by atoms with E-state index in [9.17, 15) is 13.6 Å². The number of benzene rings is 2. The minimum Gasteiger partial charge on any atom is -0.462 e. The van der Waals surface area contributed by atoms with Crippen molar-refractivity contribution in [2.24, 2.45) is 0 Å². The van der Waals surface area contributed by atoms with E-state index >= 15 is 0 Å². The van der Waals surface area contributed by atoms with Gasteiger partial charge in [0.15, 0.2) is 0 Å². The number of ether oxygens (including phenoxy) is 1. The molecule has 6 heteroatoms. The standard InChI is InChI=1S/C15H14F2N2O2/c1-2-21-15(20)9-6-7-13(12(18)8-9)19-14-10(16)4-3-5-11(14)17/h3-8,19H,2,18H2,1H3. The predicted octanol–water partition coefficient (Wildman–Crippen LogP) is 3.47. The van der Waals surface area contributed by atoms with Crippen LogP contribution < -0.4 is 11.1 Å². The van der Waals surface area contributed by atoms with E-state index in [1.54, 1.807) is 6.92 Å². The SMILES string of the molecule is CCOC(=O)c1ccc(Nc2c(F)cccc2F)c(N)c1. The number of halogens is 2. The molecule has 0 aliphatic heterocycles. The van der Waals surface area contributed by atoms with Crippen molar-refractivity contribution < 1.29 is 18.3 Å². The van der Waals surface area contributed by atoms with Gasteiger partial charge in [0.05, 0.1) is 23.5 Å². The third-order valence-corrected chi connectivity index (χ3v) is 2.79. The Morgan fingerprint density at radius 3 is 2.48 bits per heavy atom. The zero-order valence-electron chi connectivity index (χ0n) is 11.3. The molecule has 0 aromatic heterocycles. The molecule has 0 saturated carbocycles. The first-order chi connectivity index (χ1) is 10.0. The zero-order chi connectivity index (χ0) is 15.4. The molecule has 0 heterocycles. The van der Waals surface area contributed by atoms with Crippen LogP contribution in [0.1, 0.15) is 17.3 Å². The predicted molar refractivity (Wildman–Crippen MR) is 76.5 cm³/mol. The van der Waals surface area contributed by atoms with Crippen LogP contribution in [0.5, 0.6) is 0 Å². The van der Waals surface area contributed by atoms with Crippen molar-refractivity contribution in [3.05, 3.63) is 53.6 Å². The van der Waals surface area contributed by atoms with Crippen molar-refractivity contribution in [1.82, 2.24) is 0 Å². The highest BCUT2D eigenvalue weighted by Gasteiger charge is 2.12. The van der Waals surface area contributed by atoms with Crippen LogP contribution in [0.2, 0.25) is 0 Å². The van der Waals surface area contributed by atoms with Crippen molar-refractivity contribution in [1.29, 1.82) is 0 Å². The molecule has 0 bridgehead atoms. The van der Waals surface area contributed by atoms with Crippen LogP contribution in [0.15, 0.2) is 36.4 Å². The molecule has 2 rings (SSSR count). The molecule has 4 nitrogen and oxygen atoms in total. The van der Waals surface area contributed by atoms with Gasteiger partial charge in [-0.1, -0.05) is 6.07 Å². The summed E-state index contributed by atoms with van der Waals surface area (Å²) in [5, 5.41) is 2.58. The van der Waals surface area contributed by atoms with Crippen molar-refractivity contribution >= 4 is 23.0 Å². The molecule has 0 spiro atoms. The number of hydrogen-bond acceptors (Lipinski definition) is 4. The lowest BCUT2D eigenvalue weighted by molar-refractivity contribution is 0.0526. The van der Waals surface area contributed by atoms with Gasteiger partial charge in [0.2, 0.25) is 0 Å². The third-order valence-electron chi connectivity index (χ3n) is 2.79. The summed E-state index contributed by atoms with van der Waals surface area (Å²) in [4.78, 5) is 11.6.